The van der Waals surface area contributed by atoms with E-state index in [-0.39, 0.29) is 16.8 Å². The third-order valence-electron chi connectivity index (χ3n) is 7.67. The highest BCUT2D eigenvalue weighted by atomic mass is 28.4. The summed E-state index contributed by atoms with van der Waals surface area (Å²) in [5, 5.41) is 1.75. The van der Waals surface area contributed by atoms with E-state index in [1.165, 1.54) is 4.90 Å². The minimum absolute atomic E-state index is 0.270. The number of aromatic nitrogens is 1. The van der Waals surface area contributed by atoms with E-state index in [0.717, 1.165) is 15.9 Å². The zero-order valence-electron chi connectivity index (χ0n) is 24.1. The molecule has 1 aromatic heterocycles. The molecule has 2 amide bonds. The zero-order valence-corrected chi connectivity index (χ0v) is 25.1. The summed E-state index contributed by atoms with van der Waals surface area (Å²) in [5.41, 5.74) is 0.486. The normalized spacial score (nSPS) is 16.8. The third kappa shape index (κ3) is 5.15. The van der Waals surface area contributed by atoms with Crippen molar-refractivity contribution in [3.05, 3.63) is 120 Å². The maximum Gasteiger partial charge on any atom is 0.264 e. The monoisotopic (exact) mass is 558 g/mol. The van der Waals surface area contributed by atoms with Gasteiger partial charge in [-0.15, -0.1) is 0 Å². The summed E-state index contributed by atoms with van der Waals surface area (Å²) in [6, 6.07) is 33.4. The quantitative estimate of drug-likeness (QED) is 0.189. The Morgan fingerprint density at radius 1 is 0.756 bits per heavy atom. The molecule has 0 N–H and O–H groups in total. The molecule has 0 aliphatic carbocycles. The SMILES string of the molecule is CC1(C)C(=O)N(c2ccc(C#Cc3ccccc3)cn2)C(=O)C1O[Si](c1ccccc1)(c1ccccc1)C(C)(C)C. The Morgan fingerprint density at radius 2 is 1.27 bits per heavy atom. The highest BCUT2D eigenvalue weighted by molar-refractivity contribution is 6.99. The molecular weight excluding hydrogens is 524 g/mol. The summed E-state index contributed by atoms with van der Waals surface area (Å²) in [5.74, 6) is 5.73. The van der Waals surface area contributed by atoms with E-state index < -0.39 is 25.7 Å². The molecule has 0 bridgehead atoms. The standard InChI is InChI=1S/C35H34N2O3Si/c1-34(2,3)41(28-17-11-7-12-18-28,29-19-13-8-14-20-29)40-31-32(38)37(33(39)35(31,4)5)30-24-23-27(25-36-30)22-21-26-15-9-6-10-16-26/h6-20,23-25,31H,1-5H3. The van der Waals surface area contributed by atoms with Gasteiger partial charge in [0.05, 0.1) is 5.41 Å². The molecule has 3 aromatic carbocycles. The zero-order chi connectivity index (χ0) is 29.3. The predicted molar refractivity (Wildman–Crippen MR) is 165 cm³/mol. The summed E-state index contributed by atoms with van der Waals surface area (Å²) in [6.45, 7) is 10.0. The molecule has 0 saturated carbocycles. The van der Waals surface area contributed by atoms with Crippen LogP contribution in [0.5, 0.6) is 0 Å². The second kappa shape index (κ2) is 10.9. The van der Waals surface area contributed by atoms with Crippen molar-refractivity contribution in [3.63, 3.8) is 0 Å². The van der Waals surface area contributed by atoms with Crippen LogP contribution in [0.25, 0.3) is 0 Å². The molecule has 1 aliphatic heterocycles. The summed E-state index contributed by atoms with van der Waals surface area (Å²) < 4.78 is 7.17. The maximum atomic E-state index is 14.1. The summed E-state index contributed by atoms with van der Waals surface area (Å²) >= 11 is 0. The van der Waals surface area contributed by atoms with E-state index in [1.54, 1.807) is 32.2 Å². The molecule has 5 rings (SSSR count). The fourth-order valence-corrected chi connectivity index (χ4v) is 10.2. The van der Waals surface area contributed by atoms with Crippen molar-refractivity contribution in [1.82, 2.24) is 4.98 Å². The number of hydrogen-bond acceptors (Lipinski definition) is 4. The van der Waals surface area contributed by atoms with Gasteiger partial charge >= 0.3 is 0 Å². The van der Waals surface area contributed by atoms with Crippen molar-refractivity contribution in [2.24, 2.45) is 5.41 Å². The van der Waals surface area contributed by atoms with Gasteiger partial charge in [0.2, 0.25) is 5.91 Å². The fourth-order valence-electron chi connectivity index (χ4n) is 5.47. The number of pyridine rings is 1. The van der Waals surface area contributed by atoms with Crippen molar-refractivity contribution < 1.29 is 14.0 Å². The summed E-state index contributed by atoms with van der Waals surface area (Å²) in [7, 11) is -3.10. The minimum atomic E-state index is -3.10. The smallest absolute Gasteiger partial charge is 0.264 e. The van der Waals surface area contributed by atoms with E-state index in [0.29, 0.717) is 5.56 Å². The average Bonchev–Trinajstić information content (AvgIpc) is 3.14. The van der Waals surface area contributed by atoms with Crippen LogP contribution in [-0.2, 0) is 14.0 Å². The Bertz CT molecular complexity index is 1560. The van der Waals surface area contributed by atoms with E-state index in [1.807, 2.05) is 66.7 Å². The number of carbonyl (C=O) groups excluding carboxylic acids is 2. The Balaban J connectivity index is 1.53. The molecule has 1 fully saturated rings. The topological polar surface area (TPSA) is 59.5 Å². The Morgan fingerprint density at radius 3 is 1.76 bits per heavy atom. The number of hydrogen-bond donors (Lipinski definition) is 0. The summed E-state index contributed by atoms with van der Waals surface area (Å²) in [6.07, 6.45) is 0.607. The first-order valence-electron chi connectivity index (χ1n) is 13.8. The Kier molecular flexibility index (Phi) is 7.52. The van der Waals surface area contributed by atoms with Crippen LogP contribution in [0.2, 0.25) is 5.04 Å². The van der Waals surface area contributed by atoms with Crippen LogP contribution in [0, 0.1) is 17.3 Å². The highest BCUT2D eigenvalue weighted by Crippen LogP contribution is 2.43. The van der Waals surface area contributed by atoms with Gasteiger partial charge in [-0.05, 0) is 53.5 Å². The van der Waals surface area contributed by atoms with E-state index in [2.05, 4.69) is 61.9 Å². The lowest BCUT2D eigenvalue weighted by Crippen LogP contribution is -2.69. The molecule has 4 aromatic rings. The predicted octanol–water partition coefficient (Wildman–Crippen LogP) is 5.33. The van der Waals surface area contributed by atoms with Crippen LogP contribution < -0.4 is 15.3 Å². The number of carbonyl (C=O) groups is 2. The van der Waals surface area contributed by atoms with Crippen LogP contribution >= 0.6 is 0 Å². The molecule has 1 unspecified atom stereocenters. The van der Waals surface area contributed by atoms with E-state index >= 15 is 0 Å². The first-order chi connectivity index (χ1) is 19.6. The molecule has 1 saturated heterocycles. The molecular formula is C35H34N2O3Si. The Hall–Kier alpha value is -4.31. The van der Waals surface area contributed by atoms with Crippen molar-refractivity contribution in [3.8, 4) is 11.8 Å². The van der Waals surface area contributed by atoms with Gasteiger partial charge in [-0.1, -0.05) is 111 Å². The van der Waals surface area contributed by atoms with Crippen LogP contribution in [0.1, 0.15) is 45.7 Å². The van der Waals surface area contributed by atoms with Gasteiger partial charge < -0.3 is 4.43 Å². The molecule has 5 nitrogen and oxygen atoms in total. The van der Waals surface area contributed by atoms with Crippen LogP contribution in [-0.4, -0.2) is 31.2 Å². The van der Waals surface area contributed by atoms with Gasteiger partial charge in [0.25, 0.3) is 14.2 Å². The van der Waals surface area contributed by atoms with Gasteiger partial charge in [0.15, 0.2) is 0 Å². The van der Waals surface area contributed by atoms with Crippen molar-refractivity contribution >= 4 is 36.3 Å². The van der Waals surface area contributed by atoms with Gasteiger partial charge in [-0.25, -0.2) is 9.88 Å². The molecule has 2 heterocycles. The number of imide groups is 1. The molecule has 206 valence electrons. The first-order valence-corrected chi connectivity index (χ1v) is 15.7. The lowest BCUT2D eigenvalue weighted by Gasteiger charge is -2.45. The van der Waals surface area contributed by atoms with Crippen molar-refractivity contribution in [1.29, 1.82) is 0 Å². The number of amides is 2. The molecule has 41 heavy (non-hydrogen) atoms. The third-order valence-corrected chi connectivity index (χ3v) is 12.7. The van der Waals surface area contributed by atoms with Crippen LogP contribution in [0.4, 0.5) is 5.82 Å². The van der Waals surface area contributed by atoms with Crippen LogP contribution in [0.3, 0.4) is 0 Å². The largest absolute Gasteiger partial charge is 0.394 e. The maximum absolute atomic E-state index is 14.1. The second-order valence-corrected chi connectivity index (χ2v) is 16.1. The fraction of sp³-hybridized carbons (Fsp3) is 0.229. The first kappa shape index (κ1) is 28.2. The molecule has 1 atom stereocenters. The second-order valence-electron chi connectivity index (χ2n) is 11.9. The van der Waals surface area contributed by atoms with Gasteiger partial charge in [-0.3, -0.25) is 9.59 Å². The molecule has 1 aliphatic rings. The van der Waals surface area contributed by atoms with Gasteiger partial charge in [0, 0.05) is 17.3 Å². The molecule has 0 spiro atoms. The molecule has 6 heteroatoms. The lowest BCUT2D eigenvalue weighted by molar-refractivity contribution is -0.128. The number of nitrogens with zero attached hydrogens (tertiary/aromatic N) is 2. The van der Waals surface area contributed by atoms with Crippen molar-refractivity contribution in [2.45, 2.75) is 45.8 Å². The van der Waals surface area contributed by atoms with E-state index in [4.69, 9.17) is 4.43 Å². The Labute approximate surface area is 243 Å². The number of rotatable bonds is 5. The van der Waals surface area contributed by atoms with Gasteiger partial charge in [0.1, 0.15) is 11.9 Å². The average molecular weight is 559 g/mol. The lowest BCUT2D eigenvalue weighted by atomic mass is 9.89. The van der Waals surface area contributed by atoms with Crippen LogP contribution in [0.15, 0.2) is 109 Å². The van der Waals surface area contributed by atoms with Gasteiger partial charge in [-0.2, -0.15) is 0 Å². The highest BCUT2D eigenvalue weighted by Gasteiger charge is 2.61. The number of benzene rings is 3. The molecule has 0 radical (unpaired) electrons. The minimum Gasteiger partial charge on any atom is -0.394 e. The number of anilines is 1. The van der Waals surface area contributed by atoms with E-state index in [9.17, 15) is 9.59 Å². The van der Waals surface area contributed by atoms with Crippen molar-refractivity contribution in [2.75, 3.05) is 4.90 Å². The summed E-state index contributed by atoms with van der Waals surface area (Å²) in [4.78, 5) is 33.6.